The van der Waals surface area contributed by atoms with Crippen molar-refractivity contribution in [2.75, 3.05) is 13.2 Å². The Morgan fingerprint density at radius 1 is 1.00 bits per heavy atom. The second-order valence-electron chi connectivity index (χ2n) is 5.50. The molecule has 0 aliphatic heterocycles. The Balaban J connectivity index is 1.83. The van der Waals surface area contributed by atoms with Crippen molar-refractivity contribution in [3.63, 3.8) is 0 Å². The van der Waals surface area contributed by atoms with Crippen LogP contribution in [0.2, 0.25) is 0 Å². The molecule has 0 bridgehead atoms. The van der Waals surface area contributed by atoms with Crippen molar-refractivity contribution in [2.45, 2.75) is 20.0 Å². The normalized spacial score (nSPS) is 11.0. The Morgan fingerprint density at radius 3 is 2.35 bits per heavy atom. The summed E-state index contributed by atoms with van der Waals surface area (Å²) < 4.78 is 9.54. The highest BCUT2D eigenvalue weighted by Gasteiger charge is 2.09. The molecule has 1 aromatic heterocycles. The molecule has 23 heavy (non-hydrogen) atoms. The summed E-state index contributed by atoms with van der Waals surface area (Å²) in [5.41, 5.74) is 3.49. The number of aliphatic hydroxyl groups excluding tert-OH is 1. The van der Waals surface area contributed by atoms with Crippen molar-refractivity contribution in [1.29, 1.82) is 5.41 Å². The van der Waals surface area contributed by atoms with E-state index in [1.807, 2.05) is 64.6 Å². The number of para-hydroxylation sites is 2. The zero-order chi connectivity index (χ0) is 16.2. The molecule has 0 fully saturated rings. The summed E-state index contributed by atoms with van der Waals surface area (Å²) in [5.74, 6) is 0.844. The minimum Gasteiger partial charge on any atom is -0.492 e. The molecule has 0 saturated carbocycles. The number of aryl methyl sites for hydroxylation is 1. The lowest BCUT2D eigenvalue weighted by atomic mass is 10.2. The van der Waals surface area contributed by atoms with Crippen molar-refractivity contribution < 1.29 is 9.84 Å². The number of aromatic nitrogens is 2. The van der Waals surface area contributed by atoms with Crippen molar-refractivity contribution >= 4 is 11.0 Å². The average Bonchev–Trinajstić information content (AvgIpc) is 2.81. The zero-order valence-electron chi connectivity index (χ0n) is 13.2. The fourth-order valence-corrected chi connectivity index (χ4v) is 2.81. The Labute approximate surface area is 134 Å². The smallest absolute Gasteiger partial charge is 0.203 e. The van der Waals surface area contributed by atoms with E-state index in [1.54, 1.807) is 0 Å². The van der Waals surface area contributed by atoms with E-state index in [1.165, 1.54) is 0 Å². The molecule has 3 aromatic rings. The monoisotopic (exact) mass is 311 g/mol. The molecular formula is C18H21N3O2. The van der Waals surface area contributed by atoms with E-state index in [4.69, 9.17) is 10.1 Å². The summed E-state index contributed by atoms with van der Waals surface area (Å²) in [4.78, 5) is 0. The summed E-state index contributed by atoms with van der Waals surface area (Å²) in [7, 11) is 0. The summed E-state index contributed by atoms with van der Waals surface area (Å²) >= 11 is 0. The van der Waals surface area contributed by atoms with E-state index >= 15 is 0 Å². The van der Waals surface area contributed by atoms with Crippen molar-refractivity contribution in [1.82, 2.24) is 9.13 Å². The van der Waals surface area contributed by atoms with E-state index < -0.39 is 0 Å². The summed E-state index contributed by atoms with van der Waals surface area (Å²) in [6, 6.07) is 15.8. The molecule has 3 rings (SSSR count). The van der Waals surface area contributed by atoms with Gasteiger partial charge in [0.2, 0.25) is 5.62 Å². The van der Waals surface area contributed by atoms with Crippen LogP contribution in [-0.2, 0) is 13.1 Å². The predicted molar refractivity (Wildman–Crippen MR) is 89.5 cm³/mol. The van der Waals surface area contributed by atoms with Gasteiger partial charge in [0.25, 0.3) is 0 Å². The number of rotatable bonds is 6. The van der Waals surface area contributed by atoms with E-state index in [9.17, 15) is 5.11 Å². The maximum Gasteiger partial charge on any atom is 0.203 e. The number of aliphatic hydroxyl groups is 1. The molecule has 5 nitrogen and oxygen atoms in total. The van der Waals surface area contributed by atoms with Crippen LogP contribution in [0.15, 0.2) is 48.5 Å². The van der Waals surface area contributed by atoms with Gasteiger partial charge in [-0.1, -0.05) is 24.3 Å². The van der Waals surface area contributed by atoms with Crippen molar-refractivity contribution in [2.24, 2.45) is 0 Å². The van der Waals surface area contributed by atoms with Crippen molar-refractivity contribution in [3.8, 4) is 5.75 Å². The summed E-state index contributed by atoms with van der Waals surface area (Å²) in [6.45, 7) is 3.56. The maximum absolute atomic E-state index is 9.23. The molecule has 1 heterocycles. The van der Waals surface area contributed by atoms with E-state index in [2.05, 4.69) is 0 Å². The van der Waals surface area contributed by atoms with Crippen LogP contribution in [0.4, 0.5) is 0 Å². The van der Waals surface area contributed by atoms with Gasteiger partial charge < -0.3 is 19.0 Å². The highest BCUT2D eigenvalue weighted by molar-refractivity contribution is 5.75. The Bertz CT molecular complexity index is 864. The first kappa shape index (κ1) is 15.4. The predicted octanol–water partition coefficient (Wildman–Crippen LogP) is 2.30. The number of fused-ring (bicyclic) bond motifs is 1. The number of nitrogens with one attached hydrogen (secondary N) is 1. The third kappa shape index (κ3) is 3.14. The molecule has 5 heteroatoms. The number of hydrogen-bond donors (Lipinski definition) is 2. The highest BCUT2D eigenvalue weighted by Crippen LogP contribution is 2.14. The topological polar surface area (TPSA) is 63.2 Å². The van der Waals surface area contributed by atoms with Crippen LogP contribution in [0.1, 0.15) is 5.56 Å². The van der Waals surface area contributed by atoms with Gasteiger partial charge >= 0.3 is 0 Å². The first-order chi connectivity index (χ1) is 11.2. The van der Waals surface area contributed by atoms with Gasteiger partial charge in [0, 0.05) is 6.54 Å². The molecule has 0 aliphatic rings. The summed E-state index contributed by atoms with van der Waals surface area (Å²) in [6.07, 6.45) is 0. The summed E-state index contributed by atoms with van der Waals surface area (Å²) in [5, 5.41) is 17.6. The van der Waals surface area contributed by atoms with Crippen molar-refractivity contribution in [3.05, 3.63) is 59.7 Å². The lowest BCUT2D eigenvalue weighted by molar-refractivity contribution is 0.272. The first-order valence-electron chi connectivity index (χ1n) is 7.73. The number of imidazole rings is 1. The van der Waals surface area contributed by atoms with Crippen LogP contribution in [0, 0.1) is 12.3 Å². The Kier molecular flexibility index (Phi) is 4.48. The van der Waals surface area contributed by atoms with Crippen LogP contribution in [-0.4, -0.2) is 27.5 Å². The Morgan fingerprint density at radius 2 is 1.70 bits per heavy atom. The van der Waals surface area contributed by atoms with Crippen LogP contribution < -0.4 is 10.4 Å². The minimum absolute atomic E-state index is 0.0182. The number of benzene rings is 2. The molecule has 0 spiro atoms. The van der Waals surface area contributed by atoms with Crippen LogP contribution in [0.5, 0.6) is 5.75 Å². The standard InChI is InChI=1S/C18H21N3O2/c1-14-5-4-6-15(13-14)23-12-10-21-17-8-3-2-7-16(17)20(9-11-22)18(21)19/h2-8,13,19,22H,9-12H2,1H3. The van der Waals surface area contributed by atoms with E-state index in [0.29, 0.717) is 25.3 Å². The van der Waals surface area contributed by atoms with Gasteiger partial charge in [-0.25, -0.2) is 0 Å². The molecule has 0 aliphatic carbocycles. The van der Waals surface area contributed by atoms with Crippen LogP contribution in [0.25, 0.3) is 11.0 Å². The van der Waals surface area contributed by atoms with Gasteiger partial charge in [0.05, 0.1) is 24.2 Å². The van der Waals surface area contributed by atoms with Gasteiger partial charge in [-0.3, -0.25) is 5.41 Å². The number of ether oxygens (including phenoxy) is 1. The molecule has 2 aromatic carbocycles. The Hall–Kier alpha value is -2.53. The van der Waals surface area contributed by atoms with Gasteiger partial charge in [-0.2, -0.15) is 0 Å². The molecule has 0 unspecified atom stereocenters. The minimum atomic E-state index is 0.0182. The van der Waals surface area contributed by atoms with E-state index in [-0.39, 0.29) is 6.61 Å². The third-order valence-electron chi connectivity index (χ3n) is 3.87. The molecule has 2 N–H and O–H groups in total. The van der Waals surface area contributed by atoms with Gasteiger partial charge in [0.1, 0.15) is 12.4 Å². The molecule has 0 atom stereocenters. The quantitative estimate of drug-likeness (QED) is 0.734. The highest BCUT2D eigenvalue weighted by atomic mass is 16.5. The lowest BCUT2D eigenvalue weighted by Gasteiger charge is -2.08. The third-order valence-corrected chi connectivity index (χ3v) is 3.87. The molecule has 0 saturated heterocycles. The molecule has 0 amide bonds. The number of nitrogens with zero attached hydrogens (tertiary/aromatic N) is 2. The average molecular weight is 311 g/mol. The fourth-order valence-electron chi connectivity index (χ4n) is 2.81. The molecular weight excluding hydrogens is 290 g/mol. The maximum atomic E-state index is 9.23. The van der Waals surface area contributed by atoms with Gasteiger partial charge in [-0.15, -0.1) is 0 Å². The second kappa shape index (κ2) is 6.71. The number of hydrogen-bond acceptors (Lipinski definition) is 3. The fraction of sp³-hybridized carbons (Fsp3) is 0.278. The molecule has 120 valence electrons. The van der Waals surface area contributed by atoms with Crippen LogP contribution in [0.3, 0.4) is 0 Å². The zero-order valence-corrected chi connectivity index (χ0v) is 13.2. The van der Waals surface area contributed by atoms with Gasteiger partial charge in [0.15, 0.2) is 0 Å². The second-order valence-corrected chi connectivity index (χ2v) is 5.50. The van der Waals surface area contributed by atoms with Gasteiger partial charge in [-0.05, 0) is 36.8 Å². The lowest BCUT2D eigenvalue weighted by Crippen LogP contribution is -2.27. The first-order valence-corrected chi connectivity index (χ1v) is 7.73. The van der Waals surface area contributed by atoms with E-state index in [0.717, 1.165) is 22.3 Å². The molecule has 0 radical (unpaired) electrons. The van der Waals surface area contributed by atoms with Crippen LogP contribution >= 0.6 is 0 Å². The SMILES string of the molecule is Cc1cccc(OCCn2c(=N)n(CCO)c3ccccc32)c1. The largest absolute Gasteiger partial charge is 0.492 e.